The van der Waals surface area contributed by atoms with Gasteiger partial charge in [0, 0.05) is 0 Å². The van der Waals surface area contributed by atoms with E-state index in [0.29, 0.717) is 13.0 Å². The molecule has 7 heteroatoms. The van der Waals surface area contributed by atoms with Gasteiger partial charge < -0.3 is 15.7 Å². The van der Waals surface area contributed by atoms with Gasteiger partial charge in [0.15, 0.2) is 0 Å². The Morgan fingerprint density at radius 1 is 1.38 bits per heavy atom. The third kappa shape index (κ3) is 3.47. The summed E-state index contributed by atoms with van der Waals surface area (Å²) < 4.78 is 38.0. The summed E-state index contributed by atoms with van der Waals surface area (Å²) in [6.45, 7) is 2.38. The molecule has 1 aliphatic heterocycles. The van der Waals surface area contributed by atoms with Crippen LogP contribution in [-0.4, -0.2) is 23.1 Å². The Kier molecular flexibility index (Phi) is 4.13. The summed E-state index contributed by atoms with van der Waals surface area (Å²) in [4.78, 5) is 12.2. The molecule has 1 saturated heterocycles. The standard InChI is InChI=1S/C14H17F3N2O2/c1-13(6-2-3-7-18-13)12(21)19-10-8-9(14(15,16)17)4-5-11(10)20/h4-5,8,18,20H,2-3,6-7H2,1H3,(H,19,21). The van der Waals surface area contributed by atoms with Crippen molar-refractivity contribution in [1.29, 1.82) is 0 Å². The first-order valence-electron chi connectivity index (χ1n) is 6.69. The smallest absolute Gasteiger partial charge is 0.416 e. The predicted octanol–water partition coefficient (Wildman–Crippen LogP) is 2.88. The SMILES string of the molecule is CC1(C(=O)Nc2cc(C(F)(F)F)ccc2O)CCCCN1. The number of carbonyl (C=O) groups is 1. The summed E-state index contributed by atoms with van der Waals surface area (Å²) in [5.41, 5.74) is -1.99. The number of alkyl halides is 3. The number of hydrogen-bond acceptors (Lipinski definition) is 3. The Morgan fingerprint density at radius 3 is 2.67 bits per heavy atom. The molecule has 116 valence electrons. The molecule has 0 aromatic heterocycles. The van der Waals surface area contributed by atoms with E-state index in [1.807, 2.05) is 0 Å². The van der Waals surface area contributed by atoms with Crippen LogP contribution in [0.1, 0.15) is 31.7 Å². The molecule has 0 radical (unpaired) electrons. The van der Waals surface area contributed by atoms with Crippen LogP contribution in [0.2, 0.25) is 0 Å². The maximum Gasteiger partial charge on any atom is 0.416 e. The van der Waals surface area contributed by atoms with E-state index in [0.717, 1.165) is 31.0 Å². The molecule has 1 unspecified atom stereocenters. The molecule has 0 aliphatic carbocycles. The Hall–Kier alpha value is -1.76. The average molecular weight is 302 g/mol. The van der Waals surface area contributed by atoms with Crippen LogP contribution in [0.4, 0.5) is 18.9 Å². The van der Waals surface area contributed by atoms with E-state index < -0.39 is 28.9 Å². The normalized spacial score (nSPS) is 22.9. The van der Waals surface area contributed by atoms with Crippen LogP contribution in [0.25, 0.3) is 0 Å². The fraction of sp³-hybridized carbons (Fsp3) is 0.500. The van der Waals surface area contributed by atoms with Gasteiger partial charge in [0.1, 0.15) is 5.75 Å². The molecule has 0 saturated carbocycles. The number of aromatic hydroxyl groups is 1. The average Bonchev–Trinajstić information content (AvgIpc) is 2.40. The highest BCUT2D eigenvalue weighted by Gasteiger charge is 2.35. The third-order valence-corrected chi connectivity index (χ3v) is 3.69. The molecule has 1 fully saturated rings. The van der Waals surface area contributed by atoms with Crippen molar-refractivity contribution in [3.63, 3.8) is 0 Å². The van der Waals surface area contributed by atoms with E-state index in [1.54, 1.807) is 6.92 Å². The fourth-order valence-electron chi connectivity index (χ4n) is 2.32. The van der Waals surface area contributed by atoms with E-state index >= 15 is 0 Å². The van der Waals surface area contributed by atoms with Crippen molar-refractivity contribution in [3.05, 3.63) is 23.8 Å². The van der Waals surface area contributed by atoms with E-state index in [9.17, 15) is 23.1 Å². The Morgan fingerprint density at radius 2 is 2.10 bits per heavy atom. The number of benzene rings is 1. The van der Waals surface area contributed by atoms with E-state index in [2.05, 4.69) is 10.6 Å². The lowest BCUT2D eigenvalue weighted by Gasteiger charge is -2.33. The molecule has 1 aliphatic rings. The van der Waals surface area contributed by atoms with Crippen molar-refractivity contribution < 1.29 is 23.1 Å². The van der Waals surface area contributed by atoms with Crippen LogP contribution in [0.5, 0.6) is 5.75 Å². The second-order valence-electron chi connectivity index (χ2n) is 5.40. The highest BCUT2D eigenvalue weighted by Crippen LogP contribution is 2.35. The Bertz CT molecular complexity index is 538. The summed E-state index contributed by atoms with van der Waals surface area (Å²) in [6, 6.07) is 2.43. The minimum Gasteiger partial charge on any atom is -0.506 e. The highest BCUT2D eigenvalue weighted by atomic mass is 19.4. The quantitative estimate of drug-likeness (QED) is 0.736. The molecule has 1 atom stereocenters. The number of rotatable bonds is 2. The number of amides is 1. The van der Waals surface area contributed by atoms with E-state index in [-0.39, 0.29) is 5.69 Å². The lowest BCUT2D eigenvalue weighted by molar-refractivity contribution is -0.137. The Balaban J connectivity index is 2.20. The van der Waals surface area contributed by atoms with Gasteiger partial charge in [0.2, 0.25) is 5.91 Å². The van der Waals surface area contributed by atoms with Gasteiger partial charge >= 0.3 is 6.18 Å². The zero-order chi connectivity index (χ0) is 15.7. The molecular weight excluding hydrogens is 285 g/mol. The molecule has 0 spiro atoms. The van der Waals surface area contributed by atoms with Crippen molar-refractivity contribution in [3.8, 4) is 5.75 Å². The van der Waals surface area contributed by atoms with E-state index in [1.165, 1.54) is 0 Å². The molecular formula is C14H17F3N2O2. The number of phenolic OH excluding ortho intramolecular Hbond substituents is 1. The van der Waals surface area contributed by atoms with Gasteiger partial charge in [0.25, 0.3) is 0 Å². The molecule has 0 bridgehead atoms. The van der Waals surface area contributed by atoms with Crippen LogP contribution in [0, 0.1) is 0 Å². The minimum absolute atomic E-state index is 0.233. The molecule has 2 rings (SSSR count). The number of phenols is 1. The third-order valence-electron chi connectivity index (χ3n) is 3.69. The molecule has 1 aromatic rings. The second-order valence-corrected chi connectivity index (χ2v) is 5.40. The highest BCUT2D eigenvalue weighted by molar-refractivity contribution is 5.99. The topological polar surface area (TPSA) is 61.4 Å². The first kappa shape index (κ1) is 15.6. The lowest BCUT2D eigenvalue weighted by Crippen LogP contribution is -2.54. The van der Waals surface area contributed by atoms with Crippen LogP contribution in [-0.2, 0) is 11.0 Å². The van der Waals surface area contributed by atoms with Gasteiger partial charge in [0.05, 0.1) is 16.8 Å². The maximum atomic E-state index is 12.7. The lowest BCUT2D eigenvalue weighted by atomic mass is 9.90. The van der Waals surface area contributed by atoms with Gasteiger partial charge in [-0.15, -0.1) is 0 Å². The minimum atomic E-state index is -4.53. The first-order chi connectivity index (χ1) is 9.72. The van der Waals surface area contributed by atoms with Crippen molar-refractivity contribution in [1.82, 2.24) is 5.32 Å². The van der Waals surface area contributed by atoms with Crippen LogP contribution >= 0.6 is 0 Å². The van der Waals surface area contributed by atoms with Crippen molar-refractivity contribution >= 4 is 11.6 Å². The first-order valence-corrected chi connectivity index (χ1v) is 6.69. The number of anilines is 1. The number of halogens is 3. The molecule has 3 N–H and O–H groups in total. The summed E-state index contributed by atoms with van der Waals surface area (Å²) in [6.07, 6.45) is -2.11. The second kappa shape index (κ2) is 5.55. The molecule has 1 heterocycles. The monoisotopic (exact) mass is 302 g/mol. The Labute approximate surface area is 120 Å². The van der Waals surface area contributed by atoms with Gasteiger partial charge in [-0.2, -0.15) is 13.2 Å². The predicted molar refractivity (Wildman–Crippen MR) is 72.0 cm³/mol. The van der Waals surface area contributed by atoms with Crippen molar-refractivity contribution in [2.24, 2.45) is 0 Å². The van der Waals surface area contributed by atoms with Gasteiger partial charge in [-0.1, -0.05) is 0 Å². The molecule has 21 heavy (non-hydrogen) atoms. The summed E-state index contributed by atoms with van der Waals surface area (Å²) in [5.74, 6) is -0.840. The van der Waals surface area contributed by atoms with Crippen LogP contribution in [0.15, 0.2) is 18.2 Å². The van der Waals surface area contributed by atoms with Crippen LogP contribution in [0.3, 0.4) is 0 Å². The van der Waals surface area contributed by atoms with Gasteiger partial charge in [-0.25, -0.2) is 0 Å². The van der Waals surface area contributed by atoms with E-state index in [4.69, 9.17) is 0 Å². The van der Waals surface area contributed by atoms with Gasteiger partial charge in [-0.05, 0) is 50.9 Å². The molecule has 1 aromatic carbocycles. The summed E-state index contributed by atoms with van der Waals surface area (Å²) in [7, 11) is 0. The fourth-order valence-corrected chi connectivity index (χ4v) is 2.32. The summed E-state index contributed by atoms with van der Waals surface area (Å²) in [5, 5.41) is 15.1. The number of hydrogen-bond donors (Lipinski definition) is 3. The number of piperidine rings is 1. The molecule has 1 amide bonds. The largest absolute Gasteiger partial charge is 0.506 e. The summed E-state index contributed by atoms with van der Waals surface area (Å²) >= 11 is 0. The van der Waals surface area contributed by atoms with Gasteiger partial charge in [-0.3, -0.25) is 4.79 Å². The molecule has 4 nitrogen and oxygen atoms in total. The zero-order valence-electron chi connectivity index (χ0n) is 11.5. The van der Waals surface area contributed by atoms with Crippen LogP contribution < -0.4 is 10.6 Å². The number of nitrogens with one attached hydrogen (secondary N) is 2. The number of carbonyl (C=O) groups excluding carboxylic acids is 1. The van der Waals surface area contributed by atoms with Crippen molar-refractivity contribution in [2.75, 3.05) is 11.9 Å². The zero-order valence-corrected chi connectivity index (χ0v) is 11.5. The van der Waals surface area contributed by atoms with Crippen molar-refractivity contribution in [2.45, 2.75) is 37.9 Å². The maximum absolute atomic E-state index is 12.7.